The molecule has 31 heavy (non-hydrogen) atoms. The van der Waals surface area contributed by atoms with Crippen LogP contribution < -0.4 is 10.9 Å². The average Bonchev–Trinajstić information content (AvgIpc) is 3.25. The van der Waals surface area contributed by atoms with E-state index >= 15 is 0 Å². The van der Waals surface area contributed by atoms with Crippen molar-refractivity contribution in [2.75, 3.05) is 13.1 Å². The third-order valence-electron chi connectivity index (χ3n) is 5.61. The van der Waals surface area contributed by atoms with Crippen molar-refractivity contribution in [2.45, 2.75) is 79.2 Å². The number of fused-ring (bicyclic) bond motifs is 1. The van der Waals surface area contributed by atoms with Crippen LogP contribution in [0.5, 0.6) is 0 Å². The lowest BCUT2D eigenvalue weighted by Crippen LogP contribution is -2.40. The first-order valence-electron chi connectivity index (χ1n) is 11.0. The molecule has 0 aliphatic carbocycles. The van der Waals surface area contributed by atoms with E-state index in [0.717, 1.165) is 12.1 Å². The molecule has 0 bridgehead atoms. The Morgan fingerprint density at radius 3 is 2.52 bits per heavy atom. The summed E-state index contributed by atoms with van der Waals surface area (Å²) < 4.78 is 1.47. The van der Waals surface area contributed by atoms with Gasteiger partial charge in [-0.25, -0.2) is 9.50 Å². The Bertz CT molecular complexity index is 1050. The van der Waals surface area contributed by atoms with E-state index in [4.69, 9.17) is 0 Å². The second kappa shape index (κ2) is 8.13. The monoisotopic (exact) mass is 429 g/mol. The summed E-state index contributed by atoms with van der Waals surface area (Å²) in [5.41, 5.74) is 1.80. The zero-order valence-electron chi connectivity index (χ0n) is 19.8. The van der Waals surface area contributed by atoms with Gasteiger partial charge in [-0.05, 0) is 40.5 Å². The Hall–Kier alpha value is -2.64. The van der Waals surface area contributed by atoms with Crippen molar-refractivity contribution in [1.82, 2.24) is 24.8 Å². The van der Waals surface area contributed by atoms with Gasteiger partial charge in [0.15, 0.2) is 5.65 Å². The maximum Gasteiger partial charge on any atom is 0.276 e. The molecule has 2 aromatic heterocycles. The molecule has 2 N–H and O–H groups in total. The molecule has 2 amide bonds. The number of amides is 2. The minimum absolute atomic E-state index is 0.0851. The van der Waals surface area contributed by atoms with Crippen LogP contribution in [0.25, 0.3) is 5.65 Å². The smallest absolute Gasteiger partial charge is 0.276 e. The van der Waals surface area contributed by atoms with Gasteiger partial charge in [0.2, 0.25) is 11.8 Å². The zero-order chi connectivity index (χ0) is 23.1. The van der Waals surface area contributed by atoms with Crippen LogP contribution in [-0.4, -0.2) is 49.9 Å². The van der Waals surface area contributed by atoms with Crippen molar-refractivity contribution in [1.29, 1.82) is 0 Å². The summed E-state index contributed by atoms with van der Waals surface area (Å²) >= 11 is 0. The molecule has 1 saturated heterocycles. The predicted octanol–water partition coefficient (Wildman–Crippen LogP) is 2.54. The molecule has 0 radical (unpaired) electrons. The predicted molar refractivity (Wildman–Crippen MR) is 120 cm³/mol. The highest BCUT2D eigenvalue weighted by molar-refractivity contribution is 5.81. The number of likely N-dealkylation sites (tertiary alicyclic amines) is 1. The van der Waals surface area contributed by atoms with Gasteiger partial charge in [-0.2, -0.15) is 0 Å². The molecule has 1 aliphatic heterocycles. The van der Waals surface area contributed by atoms with E-state index in [1.54, 1.807) is 0 Å². The number of aryl methyl sites for hydroxylation is 1. The van der Waals surface area contributed by atoms with Crippen LogP contribution in [0.2, 0.25) is 0 Å². The van der Waals surface area contributed by atoms with Crippen molar-refractivity contribution in [2.24, 2.45) is 5.41 Å². The Morgan fingerprint density at radius 1 is 1.23 bits per heavy atom. The molecular formula is C23H35N5O3. The number of aromatic amines is 1. The fraction of sp³-hybridized carbons (Fsp3) is 0.652. The van der Waals surface area contributed by atoms with E-state index in [1.165, 1.54) is 4.52 Å². The van der Waals surface area contributed by atoms with Gasteiger partial charge in [-0.3, -0.25) is 19.5 Å². The topological polar surface area (TPSA) is 99.6 Å². The van der Waals surface area contributed by atoms with Crippen LogP contribution in [0, 0.1) is 12.3 Å². The summed E-state index contributed by atoms with van der Waals surface area (Å²) in [5.74, 6) is 0.208. The Labute approximate surface area is 183 Å². The number of carbonyl (C=O) groups is 2. The molecule has 0 unspecified atom stereocenters. The SMILES string of the molecule is Cc1nc2cc([C@@H]3CCN(C(=O)C(C)(C)C)C3)[nH]n2c(=O)c1CCC(=O)NC(C)(C)C. The molecule has 0 spiro atoms. The van der Waals surface area contributed by atoms with Gasteiger partial charge in [0, 0.05) is 59.4 Å². The van der Waals surface area contributed by atoms with Gasteiger partial charge in [-0.1, -0.05) is 20.8 Å². The summed E-state index contributed by atoms with van der Waals surface area (Å²) in [7, 11) is 0. The van der Waals surface area contributed by atoms with E-state index in [-0.39, 0.29) is 35.3 Å². The summed E-state index contributed by atoms with van der Waals surface area (Å²) in [5, 5.41) is 6.12. The number of hydrogen-bond acceptors (Lipinski definition) is 4. The first-order chi connectivity index (χ1) is 14.3. The molecule has 3 heterocycles. The minimum Gasteiger partial charge on any atom is -0.351 e. The van der Waals surface area contributed by atoms with Crippen molar-refractivity contribution in [3.63, 3.8) is 0 Å². The summed E-state index contributed by atoms with van der Waals surface area (Å²) in [6, 6.07) is 1.90. The van der Waals surface area contributed by atoms with Gasteiger partial charge in [0.05, 0.1) is 0 Å². The molecule has 1 atom stereocenters. The molecular weight excluding hydrogens is 394 g/mol. The highest BCUT2D eigenvalue weighted by Gasteiger charge is 2.34. The number of nitrogens with zero attached hydrogens (tertiary/aromatic N) is 3. The number of aromatic nitrogens is 3. The molecule has 2 aromatic rings. The Kier molecular flexibility index (Phi) is 6.04. The Balaban J connectivity index is 1.79. The van der Waals surface area contributed by atoms with Gasteiger partial charge in [0.25, 0.3) is 5.56 Å². The number of hydrogen-bond donors (Lipinski definition) is 2. The average molecular weight is 430 g/mol. The lowest BCUT2D eigenvalue weighted by Gasteiger charge is -2.25. The molecule has 8 heteroatoms. The number of rotatable bonds is 4. The normalized spacial score (nSPS) is 17.4. The van der Waals surface area contributed by atoms with E-state index in [2.05, 4.69) is 15.4 Å². The lowest BCUT2D eigenvalue weighted by molar-refractivity contribution is -0.138. The highest BCUT2D eigenvalue weighted by Crippen LogP contribution is 2.30. The van der Waals surface area contributed by atoms with E-state index in [9.17, 15) is 14.4 Å². The highest BCUT2D eigenvalue weighted by atomic mass is 16.2. The molecule has 1 aliphatic rings. The maximum absolute atomic E-state index is 13.1. The molecule has 1 fully saturated rings. The zero-order valence-corrected chi connectivity index (χ0v) is 19.8. The van der Waals surface area contributed by atoms with Crippen molar-refractivity contribution in [3.05, 3.63) is 33.4 Å². The van der Waals surface area contributed by atoms with Gasteiger partial charge < -0.3 is 10.2 Å². The number of H-pyrrole nitrogens is 1. The molecule has 0 saturated carbocycles. The molecule has 0 aromatic carbocycles. The van der Waals surface area contributed by atoms with E-state index < -0.39 is 5.41 Å². The van der Waals surface area contributed by atoms with Crippen LogP contribution in [0.4, 0.5) is 0 Å². The molecule has 170 valence electrons. The number of nitrogens with one attached hydrogen (secondary N) is 2. The van der Waals surface area contributed by atoms with Crippen molar-refractivity contribution in [3.8, 4) is 0 Å². The third-order valence-corrected chi connectivity index (χ3v) is 5.61. The fourth-order valence-corrected chi connectivity index (χ4v) is 4.08. The van der Waals surface area contributed by atoms with Gasteiger partial charge >= 0.3 is 0 Å². The summed E-state index contributed by atoms with van der Waals surface area (Å²) in [4.78, 5) is 44.3. The van der Waals surface area contributed by atoms with Gasteiger partial charge in [-0.15, -0.1) is 0 Å². The molecule has 3 rings (SSSR count). The van der Waals surface area contributed by atoms with Crippen LogP contribution in [0.15, 0.2) is 10.9 Å². The second-order valence-electron chi connectivity index (χ2n) is 10.7. The maximum atomic E-state index is 13.1. The summed E-state index contributed by atoms with van der Waals surface area (Å²) in [6.07, 6.45) is 1.43. The van der Waals surface area contributed by atoms with Crippen molar-refractivity contribution >= 4 is 17.5 Å². The summed E-state index contributed by atoms with van der Waals surface area (Å²) in [6.45, 7) is 14.7. The third kappa shape index (κ3) is 5.17. The lowest BCUT2D eigenvalue weighted by atomic mass is 9.95. The first kappa shape index (κ1) is 23.0. The van der Waals surface area contributed by atoms with E-state index in [0.29, 0.717) is 36.4 Å². The quantitative estimate of drug-likeness (QED) is 0.780. The standard InChI is InChI=1S/C23H35N5O3/c1-14-16(8-9-19(29)25-23(5,6)7)20(30)28-18(24-14)12-17(26-28)15-10-11-27(13-15)21(31)22(2,3)4/h12,15,26H,8-11,13H2,1-7H3,(H,25,29)/t15-/m1/s1. The number of carbonyl (C=O) groups excluding carboxylic acids is 2. The fourth-order valence-electron chi connectivity index (χ4n) is 4.08. The van der Waals surface area contributed by atoms with Crippen LogP contribution >= 0.6 is 0 Å². The minimum atomic E-state index is -0.404. The first-order valence-corrected chi connectivity index (χ1v) is 11.0. The van der Waals surface area contributed by atoms with Crippen LogP contribution in [-0.2, 0) is 16.0 Å². The van der Waals surface area contributed by atoms with Crippen LogP contribution in [0.3, 0.4) is 0 Å². The van der Waals surface area contributed by atoms with Crippen molar-refractivity contribution < 1.29 is 9.59 Å². The second-order valence-corrected chi connectivity index (χ2v) is 10.7. The van der Waals surface area contributed by atoms with Crippen LogP contribution in [0.1, 0.15) is 77.3 Å². The van der Waals surface area contributed by atoms with Gasteiger partial charge in [0.1, 0.15) is 0 Å². The van der Waals surface area contributed by atoms with E-state index in [1.807, 2.05) is 59.4 Å². The largest absolute Gasteiger partial charge is 0.351 e. The molecule has 8 nitrogen and oxygen atoms in total. The Morgan fingerprint density at radius 2 is 1.90 bits per heavy atom.